The van der Waals surface area contributed by atoms with E-state index in [0.717, 1.165) is 22.0 Å². The summed E-state index contributed by atoms with van der Waals surface area (Å²) >= 11 is 1.58. The fourth-order valence-corrected chi connectivity index (χ4v) is 4.43. The molecule has 0 spiro atoms. The number of H-pyrrole nitrogens is 1. The van der Waals surface area contributed by atoms with Crippen molar-refractivity contribution >= 4 is 42.5 Å². The SMILES string of the molecule is Cl.Cl.NC[C@@H]1CN(C(=O)c2ccc(CSc3ncn[nH]3)cc2)C[C@H]1c1ccccc1. The van der Waals surface area contributed by atoms with Crippen LogP contribution in [0.4, 0.5) is 0 Å². The molecule has 0 saturated carbocycles. The highest BCUT2D eigenvalue weighted by Crippen LogP contribution is 2.32. The number of hydrogen-bond donors (Lipinski definition) is 2. The summed E-state index contributed by atoms with van der Waals surface area (Å²) in [6, 6.07) is 18.2. The molecule has 0 radical (unpaired) electrons. The van der Waals surface area contributed by atoms with Gasteiger partial charge in [-0.15, -0.1) is 24.8 Å². The lowest BCUT2D eigenvalue weighted by Crippen LogP contribution is -2.29. The topological polar surface area (TPSA) is 87.9 Å². The van der Waals surface area contributed by atoms with E-state index in [1.54, 1.807) is 11.8 Å². The summed E-state index contributed by atoms with van der Waals surface area (Å²) in [6.07, 6.45) is 1.50. The molecule has 30 heavy (non-hydrogen) atoms. The van der Waals surface area contributed by atoms with Crippen LogP contribution in [0.15, 0.2) is 66.1 Å². The molecular weight excluding hydrogens is 441 g/mol. The second kappa shape index (κ2) is 11.4. The molecule has 1 fully saturated rings. The van der Waals surface area contributed by atoms with Gasteiger partial charge in [0.15, 0.2) is 5.16 Å². The molecule has 160 valence electrons. The number of thioether (sulfide) groups is 1. The van der Waals surface area contributed by atoms with Crippen molar-refractivity contribution in [2.45, 2.75) is 16.8 Å². The molecule has 2 atom stereocenters. The van der Waals surface area contributed by atoms with Gasteiger partial charge in [0.25, 0.3) is 5.91 Å². The normalized spacial score (nSPS) is 17.8. The first-order chi connectivity index (χ1) is 13.7. The van der Waals surface area contributed by atoms with Gasteiger partial charge in [-0.05, 0) is 35.7 Å². The summed E-state index contributed by atoms with van der Waals surface area (Å²) in [5.74, 6) is 1.45. The average Bonchev–Trinajstić information content (AvgIpc) is 3.42. The van der Waals surface area contributed by atoms with Crippen molar-refractivity contribution < 1.29 is 4.79 Å². The number of carbonyl (C=O) groups is 1. The van der Waals surface area contributed by atoms with Crippen molar-refractivity contribution in [2.24, 2.45) is 11.7 Å². The van der Waals surface area contributed by atoms with E-state index in [4.69, 9.17) is 5.73 Å². The third-order valence-electron chi connectivity index (χ3n) is 5.23. The van der Waals surface area contributed by atoms with Crippen molar-refractivity contribution in [3.8, 4) is 0 Å². The van der Waals surface area contributed by atoms with Crippen LogP contribution in [0.25, 0.3) is 0 Å². The highest BCUT2D eigenvalue weighted by molar-refractivity contribution is 7.98. The number of likely N-dealkylation sites (tertiary alicyclic amines) is 1. The third-order valence-corrected chi connectivity index (χ3v) is 6.18. The van der Waals surface area contributed by atoms with Crippen LogP contribution < -0.4 is 5.73 Å². The number of amides is 1. The molecule has 6 nitrogen and oxygen atoms in total. The van der Waals surface area contributed by atoms with E-state index in [-0.39, 0.29) is 30.7 Å². The molecule has 3 N–H and O–H groups in total. The number of aromatic amines is 1. The first kappa shape index (κ1) is 24.2. The first-order valence-electron chi connectivity index (χ1n) is 9.36. The van der Waals surface area contributed by atoms with Gasteiger partial charge in [-0.2, -0.15) is 5.10 Å². The standard InChI is InChI=1S/C21H23N5OS.2ClH/c22-10-18-11-26(12-19(18)16-4-2-1-3-5-16)20(27)17-8-6-15(7-9-17)13-28-21-23-14-24-25-21;;/h1-9,14,18-19H,10-13,22H2,(H,23,24,25);2*1H/t18-,19+;;/m1../s1. The minimum atomic E-state index is 0. The van der Waals surface area contributed by atoms with Crippen molar-refractivity contribution in [3.63, 3.8) is 0 Å². The van der Waals surface area contributed by atoms with Crippen LogP contribution in [0.2, 0.25) is 0 Å². The molecule has 4 rings (SSSR count). The molecule has 2 heterocycles. The summed E-state index contributed by atoms with van der Waals surface area (Å²) in [4.78, 5) is 19.0. The van der Waals surface area contributed by atoms with Gasteiger partial charge in [-0.3, -0.25) is 9.89 Å². The van der Waals surface area contributed by atoms with Crippen LogP contribution in [0, 0.1) is 5.92 Å². The zero-order chi connectivity index (χ0) is 19.3. The number of rotatable bonds is 6. The lowest BCUT2D eigenvalue weighted by atomic mass is 9.89. The average molecular weight is 466 g/mol. The van der Waals surface area contributed by atoms with Gasteiger partial charge in [0, 0.05) is 30.3 Å². The molecule has 0 aliphatic carbocycles. The predicted molar refractivity (Wildman–Crippen MR) is 125 cm³/mol. The monoisotopic (exact) mass is 465 g/mol. The third kappa shape index (κ3) is 5.55. The largest absolute Gasteiger partial charge is 0.338 e. The Morgan fingerprint density at radius 3 is 2.47 bits per heavy atom. The van der Waals surface area contributed by atoms with E-state index >= 15 is 0 Å². The number of hydrogen-bond acceptors (Lipinski definition) is 5. The van der Waals surface area contributed by atoms with E-state index < -0.39 is 0 Å². The Hall–Kier alpha value is -2.06. The molecule has 0 bridgehead atoms. The van der Waals surface area contributed by atoms with Gasteiger partial charge in [-0.1, -0.05) is 54.2 Å². The van der Waals surface area contributed by atoms with Crippen LogP contribution in [0.5, 0.6) is 0 Å². The number of carbonyl (C=O) groups excluding carboxylic acids is 1. The van der Waals surface area contributed by atoms with E-state index in [2.05, 4.69) is 27.3 Å². The van der Waals surface area contributed by atoms with Crippen LogP contribution >= 0.6 is 36.6 Å². The van der Waals surface area contributed by atoms with Crippen molar-refractivity contribution in [1.82, 2.24) is 20.1 Å². The Bertz CT molecular complexity index is 909. The molecule has 9 heteroatoms. The molecule has 1 aromatic heterocycles. The molecular formula is C21H25Cl2N5OS. The Morgan fingerprint density at radius 1 is 1.10 bits per heavy atom. The van der Waals surface area contributed by atoms with E-state index in [0.29, 0.717) is 31.5 Å². The Morgan fingerprint density at radius 2 is 1.83 bits per heavy atom. The van der Waals surface area contributed by atoms with Gasteiger partial charge in [-0.25, -0.2) is 4.98 Å². The highest BCUT2D eigenvalue weighted by atomic mass is 35.5. The Kier molecular flexibility index (Phi) is 9.17. The Labute approximate surface area is 192 Å². The van der Waals surface area contributed by atoms with Crippen LogP contribution in [-0.2, 0) is 5.75 Å². The predicted octanol–water partition coefficient (Wildman–Crippen LogP) is 3.76. The molecule has 1 aliphatic heterocycles. The fraction of sp³-hybridized carbons (Fsp3) is 0.286. The second-order valence-electron chi connectivity index (χ2n) is 7.00. The molecule has 0 unspecified atom stereocenters. The highest BCUT2D eigenvalue weighted by Gasteiger charge is 2.35. The Balaban J connectivity index is 0.00000160. The lowest BCUT2D eigenvalue weighted by Gasteiger charge is -2.17. The maximum atomic E-state index is 13.0. The minimum absolute atomic E-state index is 0. The minimum Gasteiger partial charge on any atom is -0.338 e. The number of halogens is 2. The number of benzene rings is 2. The van der Waals surface area contributed by atoms with Gasteiger partial charge >= 0.3 is 0 Å². The van der Waals surface area contributed by atoms with E-state index in [1.165, 1.54) is 11.9 Å². The van der Waals surface area contributed by atoms with Gasteiger partial charge in [0.1, 0.15) is 6.33 Å². The number of nitrogens with two attached hydrogens (primary N) is 1. The molecule has 1 saturated heterocycles. The van der Waals surface area contributed by atoms with Crippen molar-refractivity contribution in [2.75, 3.05) is 19.6 Å². The summed E-state index contributed by atoms with van der Waals surface area (Å²) in [6.45, 7) is 2.01. The lowest BCUT2D eigenvalue weighted by molar-refractivity contribution is 0.0786. The van der Waals surface area contributed by atoms with Crippen molar-refractivity contribution in [3.05, 3.63) is 77.6 Å². The number of nitrogens with one attached hydrogen (secondary N) is 1. The van der Waals surface area contributed by atoms with Gasteiger partial charge < -0.3 is 10.6 Å². The van der Waals surface area contributed by atoms with E-state index in [9.17, 15) is 4.79 Å². The molecule has 2 aromatic carbocycles. The number of nitrogens with zero attached hydrogens (tertiary/aromatic N) is 3. The summed E-state index contributed by atoms with van der Waals surface area (Å²) in [7, 11) is 0. The molecule has 1 aliphatic rings. The van der Waals surface area contributed by atoms with E-state index in [1.807, 2.05) is 47.4 Å². The van der Waals surface area contributed by atoms with Crippen molar-refractivity contribution in [1.29, 1.82) is 0 Å². The van der Waals surface area contributed by atoms with Crippen LogP contribution in [-0.4, -0.2) is 45.6 Å². The first-order valence-corrected chi connectivity index (χ1v) is 10.3. The maximum absolute atomic E-state index is 13.0. The maximum Gasteiger partial charge on any atom is 0.253 e. The quantitative estimate of drug-likeness (QED) is 0.541. The fourth-order valence-electron chi connectivity index (χ4n) is 3.70. The molecule has 1 amide bonds. The van der Waals surface area contributed by atoms with Gasteiger partial charge in [0.2, 0.25) is 0 Å². The zero-order valence-corrected chi connectivity index (χ0v) is 18.8. The summed E-state index contributed by atoms with van der Waals surface area (Å²) < 4.78 is 0. The smallest absolute Gasteiger partial charge is 0.253 e. The molecule has 3 aromatic rings. The van der Waals surface area contributed by atoms with Crippen LogP contribution in [0.1, 0.15) is 27.4 Å². The second-order valence-corrected chi connectivity index (χ2v) is 7.96. The zero-order valence-electron chi connectivity index (χ0n) is 16.3. The number of aromatic nitrogens is 3. The van der Waals surface area contributed by atoms with Crippen LogP contribution in [0.3, 0.4) is 0 Å². The summed E-state index contributed by atoms with van der Waals surface area (Å²) in [5, 5.41) is 7.46. The van der Waals surface area contributed by atoms with Gasteiger partial charge in [0.05, 0.1) is 0 Å². The summed E-state index contributed by atoms with van der Waals surface area (Å²) in [5.41, 5.74) is 9.12.